The van der Waals surface area contributed by atoms with Crippen LogP contribution in [-0.4, -0.2) is 21.1 Å². The van der Waals surface area contributed by atoms with E-state index in [2.05, 4.69) is 70.2 Å². The van der Waals surface area contributed by atoms with Crippen molar-refractivity contribution >= 4 is 28.7 Å². The SMILES string of the molecule is Cc1cc(C)[n+]2n1-c1ncccc1O[B-]21Oc2ccc(-n3c4ccccc4c4ccccc43)cc2O1. The summed E-state index contributed by atoms with van der Waals surface area (Å²) in [5, 5.41) is 2.43. The maximum absolute atomic E-state index is 6.59. The van der Waals surface area contributed by atoms with Gasteiger partial charge in [0.05, 0.1) is 16.7 Å². The average molecular weight is 472 g/mol. The molecular weight excluding hydrogens is 451 g/mol. The highest BCUT2D eigenvalue weighted by molar-refractivity contribution is 6.55. The normalized spacial score (nSPS) is 17.4. The number of nitrogens with zero attached hydrogens (tertiary/aromatic N) is 4. The molecule has 0 N–H and O–H groups in total. The zero-order chi connectivity index (χ0) is 24.0. The number of pyridine rings is 1. The number of para-hydroxylation sites is 2. The third kappa shape index (κ3) is 2.43. The van der Waals surface area contributed by atoms with Crippen LogP contribution in [0.2, 0.25) is 0 Å². The van der Waals surface area contributed by atoms with Crippen LogP contribution in [0.15, 0.2) is 91.1 Å². The van der Waals surface area contributed by atoms with E-state index >= 15 is 0 Å². The lowest BCUT2D eigenvalue weighted by molar-refractivity contribution is -0.668. The van der Waals surface area contributed by atoms with Gasteiger partial charge in [-0.05, 0) is 43.3 Å². The molecule has 174 valence electrons. The first kappa shape index (κ1) is 19.6. The van der Waals surface area contributed by atoms with Gasteiger partial charge in [0.2, 0.25) is 5.82 Å². The first-order valence-corrected chi connectivity index (χ1v) is 12.0. The zero-order valence-electron chi connectivity index (χ0n) is 19.8. The van der Waals surface area contributed by atoms with Gasteiger partial charge in [-0.25, -0.2) is 4.98 Å². The quantitative estimate of drug-likeness (QED) is 0.316. The van der Waals surface area contributed by atoms with E-state index in [4.69, 9.17) is 14.0 Å². The molecule has 7 nitrogen and oxygen atoms in total. The van der Waals surface area contributed by atoms with Crippen molar-refractivity contribution in [2.24, 2.45) is 0 Å². The molecule has 2 aliphatic rings. The summed E-state index contributed by atoms with van der Waals surface area (Å²) < 4.78 is 25.7. The van der Waals surface area contributed by atoms with Crippen LogP contribution in [-0.2, 0) is 0 Å². The van der Waals surface area contributed by atoms with Crippen LogP contribution in [0.25, 0.3) is 33.3 Å². The fourth-order valence-electron chi connectivity index (χ4n) is 5.78. The molecule has 0 aliphatic carbocycles. The molecule has 36 heavy (non-hydrogen) atoms. The minimum Gasteiger partial charge on any atom is -0.578 e. The molecule has 0 saturated carbocycles. The van der Waals surface area contributed by atoms with Gasteiger partial charge in [0, 0.05) is 41.7 Å². The number of hydrogen-bond acceptors (Lipinski definition) is 4. The second-order valence-electron chi connectivity index (χ2n) is 9.37. The molecule has 6 aromatic rings. The van der Waals surface area contributed by atoms with E-state index in [0.717, 1.165) is 28.1 Å². The number of rotatable bonds is 1. The van der Waals surface area contributed by atoms with E-state index in [-0.39, 0.29) is 0 Å². The highest BCUT2D eigenvalue weighted by Crippen LogP contribution is 2.42. The summed E-state index contributed by atoms with van der Waals surface area (Å²) in [6.07, 6.45) is 1.76. The van der Waals surface area contributed by atoms with Crippen LogP contribution >= 0.6 is 0 Å². The van der Waals surface area contributed by atoms with Crippen LogP contribution in [0.1, 0.15) is 11.4 Å². The molecule has 0 amide bonds. The van der Waals surface area contributed by atoms with Crippen molar-refractivity contribution in [1.29, 1.82) is 0 Å². The van der Waals surface area contributed by atoms with E-state index < -0.39 is 6.89 Å². The molecule has 0 saturated heterocycles. The molecule has 1 atom stereocenters. The average Bonchev–Trinajstić information content (AvgIpc) is 3.53. The van der Waals surface area contributed by atoms with Crippen LogP contribution in [0, 0.1) is 13.8 Å². The van der Waals surface area contributed by atoms with Gasteiger partial charge in [0.25, 0.3) is 0 Å². The van der Waals surface area contributed by atoms with Gasteiger partial charge in [-0.2, -0.15) is 4.59 Å². The lowest BCUT2D eigenvalue weighted by Crippen LogP contribution is -2.80. The monoisotopic (exact) mass is 472 g/mol. The minimum absolute atomic E-state index is 0.617. The summed E-state index contributed by atoms with van der Waals surface area (Å²) in [6, 6.07) is 28.8. The van der Waals surface area contributed by atoms with Gasteiger partial charge in [-0.15, -0.1) is 4.68 Å². The summed E-state index contributed by atoms with van der Waals surface area (Å²) in [5.41, 5.74) is 5.25. The van der Waals surface area contributed by atoms with Gasteiger partial charge < -0.3 is 18.5 Å². The lowest BCUT2D eigenvalue weighted by Gasteiger charge is -2.33. The molecule has 2 aliphatic heterocycles. The van der Waals surface area contributed by atoms with Crippen molar-refractivity contribution in [2.45, 2.75) is 13.8 Å². The van der Waals surface area contributed by atoms with E-state index in [0.29, 0.717) is 23.1 Å². The van der Waals surface area contributed by atoms with Crippen LogP contribution in [0.5, 0.6) is 17.2 Å². The number of aryl methyl sites for hydroxylation is 2. The highest BCUT2D eigenvalue weighted by Gasteiger charge is 2.63. The number of benzene rings is 3. The summed E-state index contributed by atoms with van der Waals surface area (Å²) in [6.45, 7) is 1.70. The Morgan fingerprint density at radius 1 is 0.722 bits per heavy atom. The Hall–Kier alpha value is -4.72. The topological polar surface area (TPSA) is 54.3 Å². The smallest absolute Gasteiger partial charge is 0.578 e. The van der Waals surface area contributed by atoms with Crippen LogP contribution in [0.3, 0.4) is 0 Å². The Balaban J connectivity index is 1.30. The summed E-state index contributed by atoms with van der Waals surface area (Å²) in [7, 11) is 0. The zero-order valence-corrected chi connectivity index (χ0v) is 19.8. The van der Waals surface area contributed by atoms with Crippen molar-refractivity contribution in [1.82, 2.24) is 14.2 Å². The summed E-state index contributed by atoms with van der Waals surface area (Å²) in [4.78, 5) is 4.56. The molecule has 0 fully saturated rings. The number of hydrogen-bond donors (Lipinski definition) is 0. The second-order valence-corrected chi connectivity index (χ2v) is 9.37. The van der Waals surface area contributed by atoms with E-state index in [9.17, 15) is 0 Å². The second kappa shape index (κ2) is 6.69. The van der Waals surface area contributed by atoms with Crippen molar-refractivity contribution in [3.05, 3.63) is 103 Å². The fraction of sp³-hybridized carbons (Fsp3) is 0.0714. The molecule has 3 aromatic heterocycles. The maximum Gasteiger partial charge on any atom is 0.901 e. The Morgan fingerprint density at radius 3 is 2.19 bits per heavy atom. The molecule has 8 rings (SSSR count). The van der Waals surface area contributed by atoms with E-state index in [1.807, 2.05) is 47.4 Å². The summed E-state index contributed by atoms with van der Waals surface area (Å²) in [5.74, 6) is 2.61. The van der Waals surface area contributed by atoms with Gasteiger partial charge in [-0.1, -0.05) is 36.4 Å². The molecule has 1 unspecified atom stereocenters. The molecule has 8 heteroatoms. The fourth-order valence-corrected chi connectivity index (χ4v) is 5.78. The van der Waals surface area contributed by atoms with E-state index in [1.54, 1.807) is 6.20 Å². The minimum atomic E-state index is -2.36. The molecule has 0 bridgehead atoms. The van der Waals surface area contributed by atoms with Gasteiger partial charge in [-0.3, -0.25) is 0 Å². The van der Waals surface area contributed by atoms with Crippen LogP contribution < -0.4 is 18.6 Å². The molecule has 3 aromatic carbocycles. The van der Waals surface area contributed by atoms with E-state index in [1.165, 1.54) is 10.8 Å². The third-order valence-corrected chi connectivity index (χ3v) is 7.17. The lowest BCUT2D eigenvalue weighted by atomic mass is 9.96. The molecule has 5 heterocycles. The number of aromatic nitrogens is 4. The van der Waals surface area contributed by atoms with Gasteiger partial charge in [0.1, 0.15) is 17.2 Å². The Kier molecular flexibility index (Phi) is 3.64. The predicted molar refractivity (Wildman–Crippen MR) is 137 cm³/mol. The van der Waals surface area contributed by atoms with Crippen molar-refractivity contribution in [3.8, 4) is 28.8 Å². The summed E-state index contributed by atoms with van der Waals surface area (Å²) >= 11 is 0. The maximum atomic E-state index is 6.59. The first-order valence-electron chi connectivity index (χ1n) is 12.0. The molecular formula is C28H21BN4O3. The van der Waals surface area contributed by atoms with Crippen LogP contribution in [0.4, 0.5) is 0 Å². The van der Waals surface area contributed by atoms with Crippen molar-refractivity contribution in [2.75, 3.05) is 0 Å². The Labute approximate surface area is 206 Å². The van der Waals surface area contributed by atoms with Crippen molar-refractivity contribution < 1.29 is 18.6 Å². The Bertz CT molecular complexity index is 1820. The van der Waals surface area contributed by atoms with Gasteiger partial charge in [0.15, 0.2) is 5.69 Å². The van der Waals surface area contributed by atoms with Crippen molar-refractivity contribution in [3.63, 3.8) is 0 Å². The Morgan fingerprint density at radius 2 is 1.42 bits per heavy atom. The predicted octanol–water partition coefficient (Wildman–Crippen LogP) is 5.02. The van der Waals surface area contributed by atoms with Gasteiger partial charge >= 0.3 is 6.89 Å². The first-order chi connectivity index (χ1) is 17.6. The largest absolute Gasteiger partial charge is 0.901 e. The number of fused-ring (bicyclic) bond motifs is 8. The standard InChI is InChI=1S/C28H21BN4O3/c1-18-16-19(2)33-29(35-26-12-7-15-30-28(26)32(18)33)34-25-14-13-20(17-27(25)36-29)31-23-10-5-3-8-21(23)22-9-4-6-11-24(22)31/h3-17H,1-2H3. The highest BCUT2D eigenvalue weighted by atomic mass is 16.8. The molecule has 1 spiro atoms. The molecule has 0 radical (unpaired) electrons. The third-order valence-electron chi connectivity index (χ3n) is 7.17.